The van der Waals surface area contributed by atoms with Crippen molar-refractivity contribution in [3.63, 3.8) is 0 Å². The number of benzene rings is 1. The second-order valence-electron chi connectivity index (χ2n) is 3.72. The fourth-order valence-electron chi connectivity index (χ4n) is 1.36. The fraction of sp³-hybridized carbons (Fsp3) is 0.167. The van der Waals surface area contributed by atoms with Crippen LogP contribution in [0.25, 0.3) is 0 Å². The van der Waals surface area contributed by atoms with E-state index in [1.807, 2.05) is 0 Å². The summed E-state index contributed by atoms with van der Waals surface area (Å²) in [7, 11) is 1.47. The molecule has 1 aromatic heterocycles. The summed E-state index contributed by atoms with van der Waals surface area (Å²) < 4.78 is 44.3. The first-order chi connectivity index (χ1) is 9.38. The van der Waals surface area contributed by atoms with E-state index < -0.39 is 12.0 Å². The summed E-state index contributed by atoms with van der Waals surface area (Å²) in [5, 5.41) is 2.54. The lowest BCUT2D eigenvalue weighted by atomic mass is 10.3. The van der Waals surface area contributed by atoms with Crippen molar-refractivity contribution in [2.24, 2.45) is 0 Å². The molecule has 8 heteroatoms. The van der Waals surface area contributed by atoms with E-state index in [1.165, 1.54) is 13.1 Å². The molecule has 0 aliphatic heterocycles. The van der Waals surface area contributed by atoms with Gasteiger partial charge in [0.25, 0.3) is 0 Å². The molecule has 2 rings (SSSR count). The lowest BCUT2D eigenvalue weighted by molar-refractivity contribution is -0.145. The SMILES string of the molecule is CNc1cc(Oc2ccc(I)cc2)nc(C(F)(F)F)n1. The minimum Gasteiger partial charge on any atom is -0.439 e. The van der Waals surface area contributed by atoms with E-state index in [1.54, 1.807) is 24.3 Å². The zero-order chi connectivity index (χ0) is 14.8. The maximum Gasteiger partial charge on any atom is 0.451 e. The largest absolute Gasteiger partial charge is 0.451 e. The number of aromatic nitrogens is 2. The Bertz CT molecular complexity index is 602. The van der Waals surface area contributed by atoms with E-state index >= 15 is 0 Å². The molecule has 0 saturated carbocycles. The van der Waals surface area contributed by atoms with E-state index in [0.717, 1.165) is 3.57 Å². The van der Waals surface area contributed by atoms with E-state index in [9.17, 15) is 13.2 Å². The van der Waals surface area contributed by atoms with Crippen LogP contribution in [0, 0.1) is 3.57 Å². The van der Waals surface area contributed by atoms with Gasteiger partial charge >= 0.3 is 6.18 Å². The minimum absolute atomic E-state index is 0.0350. The average molecular weight is 395 g/mol. The molecule has 0 spiro atoms. The van der Waals surface area contributed by atoms with Gasteiger partial charge in [0.05, 0.1) is 0 Å². The highest BCUT2D eigenvalue weighted by molar-refractivity contribution is 14.1. The van der Waals surface area contributed by atoms with Gasteiger partial charge in [0.15, 0.2) is 0 Å². The van der Waals surface area contributed by atoms with Gasteiger partial charge in [0, 0.05) is 16.7 Å². The number of alkyl halides is 3. The van der Waals surface area contributed by atoms with Gasteiger partial charge in [0.1, 0.15) is 11.6 Å². The van der Waals surface area contributed by atoms with Crippen LogP contribution in [0.3, 0.4) is 0 Å². The molecular formula is C12H9F3IN3O. The van der Waals surface area contributed by atoms with Crippen molar-refractivity contribution in [3.05, 3.63) is 39.7 Å². The summed E-state index contributed by atoms with van der Waals surface area (Å²) in [6, 6.07) is 8.15. The monoisotopic (exact) mass is 395 g/mol. The van der Waals surface area contributed by atoms with Gasteiger partial charge in [-0.15, -0.1) is 0 Å². The Morgan fingerprint density at radius 1 is 1.15 bits per heavy atom. The Morgan fingerprint density at radius 2 is 1.80 bits per heavy atom. The summed E-state index contributed by atoms with van der Waals surface area (Å²) in [4.78, 5) is 6.72. The van der Waals surface area contributed by atoms with Gasteiger partial charge in [-0.2, -0.15) is 18.2 Å². The van der Waals surface area contributed by atoms with Gasteiger partial charge in [-0.3, -0.25) is 0 Å². The van der Waals surface area contributed by atoms with Gasteiger partial charge in [0.2, 0.25) is 11.7 Å². The molecule has 0 aliphatic carbocycles. The Labute approximate surface area is 126 Å². The highest BCUT2D eigenvalue weighted by atomic mass is 127. The van der Waals surface area contributed by atoms with Crippen LogP contribution < -0.4 is 10.1 Å². The third kappa shape index (κ3) is 3.71. The van der Waals surface area contributed by atoms with Crippen molar-refractivity contribution < 1.29 is 17.9 Å². The molecule has 0 unspecified atom stereocenters. The van der Waals surface area contributed by atoms with E-state index in [4.69, 9.17) is 4.74 Å². The van der Waals surface area contributed by atoms with Crippen molar-refractivity contribution in [2.45, 2.75) is 6.18 Å². The molecule has 0 atom stereocenters. The summed E-state index contributed by atoms with van der Waals surface area (Å²) in [6.07, 6.45) is -4.63. The Balaban J connectivity index is 2.33. The van der Waals surface area contributed by atoms with Crippen LogP contribution in [0.15, 0.2) is 30.3 Å². The lowest BCUT2D eigenvalue weighted by Gasteiger charge is -2.10. The van der Waals surface area contributed by atoms with Crippen LogP contribution in [0.1, 0.15) is 5.82 Å². The smallest absolute Gasteiger partial charge is 0.439 e. The number of hydrogen-bond donors (Lipinski definition) is 1. The highest BCUT2D eigenvalue weighted by Gasteiger charge is 2.35. The minimum atomic E-state index is -4.63. The van der Waals surface area contributed by atoms with Gasteiger partial charge in [-0.05, 0) is 46.9 Å². The maximum atomic E-state index is 12.7. The number of nitrogens with one attached hydrogen (secondary N) is 1. The Hall–Kier alpha value is -1.58. The molecule has 106 valence electrons. The second kappa shape index (κ2) is 5.81. The van der Waals surface area contributed by atoms with E-state index in [2.05, 4.69) is 37.9 Å². The van der Waals surface area contributed by atoms with Gasteiger partial charge < -0.3 is 10.1 Å². The molecule has 0 saturated heterocycles. The van der Waals surface area contributed by atoms with Crippen molar-refractivity contribution in [3.8, 4) is 11.6 Å². The predicted molar refractivity (Wildman–Crippen MR) is 75.8 cm³/mol. The summed E-state index contributed by atoms with van der Waals surface area (Å²) in [6.45, 7) is 0. The Kier molecular flexibility index (Phi) is 4.31. The third-order valence-corrected chi connectivity index (χ3v) is 2.97. The fourth-order valence-corrected chi connectivity index (χ4v) is 1.72. The predicted octanol–water partition coefficient (Wildman–Crippen LogP) is 3.93. The lowest BCUT2D eigenvalue weighted by Crippen LogP contribution is -2.12. The standard InChI is InChI=1S/C12H9F3IN3O/c1-17-9-6-10(19-11(18-9)12(13,14)15)20-8-4-2-7(16)3-5-8/h2-6H,1H3,(H,17,18,19). The van der Waals surface area contributed by atoms with Crippen molar-refractivity contribution in [2.75, 3.05) is 12.4 Å². The first-order valence-corrected chi connectivity index (χ1v) is 6.54. The van der Waals surface area contributed by atoms with Crippen LogP contribution in [0.5, 0.6) is 11.6 Å². The number of halogens is 4. The average Bonchev–Trinajstić information content (AvgIpc) is 2.40. The van der Waals surface area contributed by atoms with Crippen LogP contribution >= 0.6 is 22.6 Å². The zero-order valence-corrected chi connectivity index (χ0v) is 12.4. The third-order valence-electron chi connectivity index (χ3n) is 2.25. The molecule has 0 radical (unpaired) electrons. The first kappa shape index (κ1) is 14.8. The normalized spacial score (nSPS) is 11.2. The molecule has 1 N–H and O–H groups in total. The van der Waals surface area contributed by atoms with Crippen molar-refractivity contribution in [1.82, 2.24) is 9.97 Å². The molecule has 2 aromatic rings. The van der Waals surface area contributed by atoms with Gasteiger partial charge in [-0.25, -0.2) is 4.98 Å². The molecule has 20 heavy (non-hydrogen) atoms. The summed E-state index contributed by atoms with van der Waals surface area (Å²) >= 11 is 2.11. The number of nitrogens with zero attached hydrogens (tertiary/aromatic N) is 2. The second-order valence-corrected chi connectivity index (χ2v) is 4.96. The molecule has 0 aliphatic rings. The number of anilines is 1. The molecule has 0 bridgehead atoms. The van der Waals surface area contributed by atoms with E-state index in [-0.39, 0.29) is 11.7 Å². The zero-order valence-electron chi connectivity index (χ0n) is 10.2. The van der Waals surface area contributed by atoms with Crippen LogP contribution in [-0.4, -0.2) is 17.0 Å². The molecule has 0 amide bonds. The van der Waals surface area contributed by atoms with Crippen LogP contribution in [-0.2, 0) is 6.18 Å². The molecular weight excluding hydrogens is 386 g/mol. The quantitative estimate of drug-likeness (QED) is 0.801. The molecule has 4 nitrogen and oxygen atoms in total. The Morgan fingerprint density at radius 3 is 2.35 bits per heavy atom. The molecule has 0 fully saturated rings. The number of rotatable bonds is 3. The summed E-state index contributed by atoms with van der Waals surface area (Å²) in [5.74, 6) is -0.977. The first-order valence-electron chi connectivity index (χ1n) is 5.46. The maximum absolute atomic E-state index is 12.7. The van der Waals surface area contributed by atoms with E-state index in [0.29, 0.717) is 5.75 Å². The molecule has 1 aromatic carbocycles. The topological polar surface area (TPSA) is 47.0 Å². The van der Waals surface area contributed by atoms with Crippen LogP contribution in [0.4, 0.5) is 19.0 Å². The van der Waals surface area contributed by atoms with Crippen molar-refractivity contribution >= 4 is 28.4 Å². The van der Waals surface area contributed by atoms with Crippen molar-refractivity contribution in [1.29, 1.82) is 0 Å². The van der Waals surface area contributed by atoms with Crippen LogP contribution in [0.2, 0.25) is 0 Å². The number of hydrogen-bond acceptors (Lipinski definition) is 4. The van der Waals surface area contributed by atoms with Gasteiger partial charge in [-0.1, -0.05) is 0 Å². The number of ether oxygens (including phenoxy) is 1. The summed E-state index contributed by atoms with van der Waals surface area (Å²) in [5.41, 5.74) is 0. The highest BCUT2D eigenvalue weighted by Crippen LogP contribution is 2.30. The molecule has 1 heterocycles.